The van der Waals surface area contributed by atoms with Crippen LogP contribution in [-0.4, -0.2) is 77.4 Å². The molecule has 6 rings (SSSR count). The Labute approximate surface area is 328 Å². The molecule has 6 atom stereocenters. The van der Waals surface area contributed by atoms with Crippen molar-refractivity contribution in [3.8, 4) is 0 Å². The molecular weight excluding hydrogens is 713 g/mol. The topological polar surface area (TPSA) is 125 Å². The maximum absolute atomic E-state index is 14.3. The van der Waals surface area contributed by atoms with Gasteiger partial charge in [-0.05, 0) is 93.2 Å². The second-order valence-electron chi connectivity index (χ2n) is 14.7. The van der Waals surface area contributed by atoms with Crippen LogP contribution in [0.15, 0.2) is 97.1 Å². The Morgan fingerprint density at radius 2 is 1.36 bits per heavy atom. The van der Waals surface area contributed by atoms with Crippen LogP contribution in [0.3, 0.4) is 0 Å². The van der Waals surface area contributed by atoms with Crippen LogP contribution < -0.4 is 15.5 Å². The summed E-state index contributed by atoms with van der Waals surface area (Å²) < 4.78 is 5.07. The minimum Gasteiger partial charge on any atom is -0.467 e. The van der Waals surface area contributed by atoms with E-state index in [1.807, 2.05) is 104 Å². The first-order valence-corrected chi connectivity index (χ1v) is 20.5. The summed E-state index contributed by atoms with van der Waals surface area (Å²) in [5, 5.41) is 6.06. The summed E-state index contributed by atoms with van der Waals surface area (Å²) in [7, 11) is 1.34. The summed E-state index contributed by atoms with van der Waals surface area (Å²) in [6, 6.07) is 25.1. The molecule has 2 fully saturated rings. The molecule has 10 nitrogen and oxygen atoms in total. The number of methoxy groups -OCH3 is 1. The van der Waals surface area contributed by atoms with Crippen LogP contribution in [0.4, 0.5) is 5.69 Å². The molecular formula is C44H52N4O6S. The van der Waals surface area contributed by atoms with Gasteiger partial charge in [-0.1, -0.05) is 91.0 Å². The van der Waals surface area contributed by atoms with E-state index in [1.54, 1.807) is 21.6 Å². The highest BCUT2D eigenvalue weighted by molar-refractivity contribution is 7.99. The number of rotatable bonds is 13. The Morgan fingerprint density at radius 3 is 1.98 bits per heavy atom. The largest absolute Gasteiger partial charge is 0.467 e. The summed E-state index contributed by atoms with van der Waals surface area (Å²) in [5.41, 5.74) is 3.75. The number of anilines is 1. The van der Waals surface area contributed by atoms with E-state index in [1.165, 1.54) is 7.11 Å². The normalized spacial score (nSPS) is 22.4. The third-order valence-corrected chi connectivity index (χ3v) is 12.3. The number of hydrogen-bond acceptors (Lipinski definition) is 7. The molecule has 3 aliphatic heterocycles. The van der Waals surface area contributed by atoms with Gasteiger partial charge in [0.2, 0.25) is 23.6 Å². The van der Waals surface area contributed by atoms with Crippen LogP contribution >= 0.6 is 11.8 Å². The zero-order chi connectivity index (χ0) is 38.7. The number of piperidine rings is 1. The Kier molecular flexibility index (Phi) is 13.8. The second kappa shape index (κ2) is 19.1. The molecule has 3 aromatic carbocycles. The number of ether oxygens (including phenoxy) is 1. The molecule has 0 aromatic heterocycles. The molecule has 0 bridgehead atoms. The predicted molar refractivity (Wildman–Crippen MR) is 215 cm³/mol. The molecule has 2 saturated heterocycles. The Balaban J connectivity index is 1.20. The van der Waals surface area contributed by atoms with E-state index in [0.717, 1.165) is 35.2 Å². The molecule has 0 radical (unpaired) electrons. The predicted octanol–water partition coefficient (Wildman–Crippen LogP) is 5.77. The summed E-state index contributed by atoms with van der Waals surface area (Å²) in [4.78, 5) is 72.7. The molecule has 11 heteroatoms. The number of carbonyl (C=O) groups is 5. The van der Waals surface area contributed by atoms with E-state index in [-0.39, 0.29) is 29.0 Å². The van der Waals surface area contributed by atoms with Crippen LogP contribution in [0.2, 0.25) is 0 Å². The van der Waals surface area contributed by atoms with E-state index >= 15 is 0 Å². The summed E-state index contributed by atoms with van der Waals surface area (Å²) in [6.07, 6.45) is 8.52. The molecule has 4 amide bonds. The van der Waals surface area contributed by atoms with Crippen molar-refractivity contribution in [1.29, 1.82) is 0 Å². The van der Waals surface area contributed by atoms with Crippen LogP contribution in [0, 0.1) is 18.8 Å². The van der Waals surface area contributed by atoms with Crippen molar-refractivity contribution in [1.82, 2.24) is 15.5 Å². The quantitative estimate of drug-likeness (QED) is 0.167. The minimum absolute atomic E-state index is 0.135. The lowest BCUT2D eigenvalue weighted by Gasteiger charge is -2.40. The highest BCUT2D eigenvalue weighted by atomic mass is 32.2. The number of fused-ring (bicyclic) bond motifs is 1. The zero-order valence-electron chi connectivity index (χ0n) is 31.7. The van der Waals surface area contributed by atoms with Crippen molar-refractivity contribution in [2.75, 3.05) is 24.3 Å². The van der Waals surface area contributed by atoms with Crippen LogP contribution in [0.5, 0.6) is 0 Å². The number of nitrogens with zero attached hydrogens (tertiary/aromatic N) is 2. The third-order valence-electron chi connectivity index (χ3n) is 11.0. The first-order chi connectivity index (χ1) is 26.7. The Bertz CT molecular complexity index is 1840. The van der Waals surface area contributed by atoms with Crippen molar-refractivity contribution in [2.24, 2.45) is 11.8 Å². The number of benzene rings is 3. The van der Waals surface area contributed by atoms with Crippen molar-refractivity contribution in [2.45, 2.75) is 88.2 Å². The number of amides is 4. The van der Waals surface area contributed by atoms with Gasteiger partial charge in [0.05, 0.1) is 12.5 Å². The van der Waals surface area contributed by atoms with Crippen molar-refractivity contribution in [3.63, 3.8) is 0 Å². The van der Waals surface area contributed by atoms with Crippen molar-refractivity contribution >= 4 is 47.0 Å². The van der Waals surface area contributed by atoms with Crippen LogP contribution in [0.25, 0.3) is 0 Å². The second-order valence-corrected chi connectivity index (χ2v) is 16.0. The van der Waals surface area contributed by atoms with Crippen LogP contribution in [0.1, 0.15) is 61.6 Å². The molecule has 3 aromatic rings. The number of aryl methyl sites for hydroxylation is 1. The highest BCUT2D eigenvalue weighted by Crippen LogP contribution is 2.35. The number of nitrogens with one attached hydrogen (secondary N) is 2. The van der Waals surface area contributed by atoms with Gasteiger partial charge in [-0.15, -0.1) is 11.8 Å². The van der Waals surface area contributed by atoms with Gasteiger partial charge >= 0.3 is 5.97 Å². The average Bonchev–Trinajstić information content (AvgIpc) is 3.48. The van der Waals surface area contributed by atoms with E-state index in [2.05, 4.69) is 10.6 Å². The summed E-state index contributed by atoms with van der Waals surface area (Å²) in [5.74, 6) is -1.72. The number of hydrogen-bond donors (Lipinski definition) is 2. The van der Waals surface area contributed by atoms with Crippen molar-refractivity contribution < 1.29 is 28.7 Å². The van der Waals surface area contributed by atoms with Gasteiger partial charge in [-0.25, -0.2) is 4.79 Å². The molecule has 0 spiro atoms. The number of esters is 1. The smallest absolute Gasteiger partial charge is 0.328 e. The molecule has 2 N–H and O–H groups in total. The van der Waals surface area contributed by atoms with Crippen LogP contribution in [-0.2, 0) is 41.6 Å². The standard InChI is InChI=1S/C44H52N4O6S/c1-30-14-9-10-20-37(30)47-26-12-11-19-35(42(47)51)45-40(49)33(28-31-15-5-3-6-16-31)23-24-34(29-32-17-7-4-8-18-32)41(50)46-36-25-27-55-39-22-13-21-38(44(53)54-2)48(39)43(36)52/h3-12,14-18,20,33-36,38-39H,13,19,21-29H2,1-2H3,(H,45,49)(H,46,50). The maximum Gasteiger partial charge on any atom is 0.328 e. The lowest BCUT2D eigenvalue weighted by Crippen LogP contribution is -2.57. The first-order valence-electron chi connectivity index (χ1n) is 19.5. The molecule has 3 heterocycles. The Hall–Kier alpha value is -4.90. The molecule has 0 aliphatic carbocycles. The number of thioether (sulfide) groups is 1. The zero-order valence-corrected chi connectivity index (χ0v) is 32.5. The number of carbonyl (C=O) groups excluding carboxylic acids is 5. The summed E-state index contributed by atoms with van der Waals surface area (Å²) >= 11 is 1.65. The van der Waals surface area contributed by atoms with Gasteiger partial charge in [0.1, 0.15) is 18.1 Å². The fourth-order valence-electron chi connectivity index (χ4n) is 7.98. The molecule has 55 heavy (non-hydrogen) atoms. The number of para-hydroxylation sites is 1. The summed E-state index contributed by atoms with van der Waals surface area (Å²) in [6.45, 7) is 2.39. The Morgan fingerprint density at radius 1 is 0.764 bits per heavy atom. The van der Waals surface area contributed by atoms with Gasteiger partial charge < -0.3 is 25.2 Å². The van der Waals surface area contributed by atoms with Gasteiger partial charge in [0.15, 0.2) is 0 Å². The van der Waals surface area contributed by atoms with Gasteiger partial charge in [-0.3, -0.25) is 19.2 Å². The lowest BCUT2D eigenvalue weighted by molar-refractivity contribution is -0.156. The van der Waals surface area contributed by atoms with E-state index in [9.17, 15) is 24.0 Å². The lowest BCUT2D eigenvalue weighted by atomic mass is 9.86. The highest BCUT2D eigenvalue weighted by Gasteiger charge is 2.44. The van der Waals surface area contributed by atoms with Gasteiger partial charge in [0, 0.05) is 24.1 Å². The third kappa shape index (κ3) is 10.1. The monoisotopic (exact) mass is 764 g/mol. The fourth-order valence-corrected chi connectivity index (χ4v) is 9.36. The molecule has 0 saturated carbocycles. The van der Waals surface area contributed by atoms with E-state index in [4.69, 9.17) is 4.74 Å². The van der Waals surface area contributed by atoms with E-state index < -0.39 is 35.9 Å². The first kappa shape index (κ1) is 39.8. The van der Waals surface area contributed by atoms with E-state index in [0.29, 0.717) is 57.2 Å². The molecule has 290 valence electrons. The average molecular weight is 765 g/mol. The molecule has 3 aliphatic rings. The maximum atomic E-state index is 14.3. The van der Waals surface area contributed by atoms with Gasteiger partial charge in [0.25, 0.3) is 0 Å². The fraction of sp³-hybridized carbons (Fsp3) is 0.432. The molecule has 6 unspecified atom stereocenters. The van der Waals surface area contributed by atoms with Gasteiger partial charge in [-0.2, -0.15) is 0 Å². The SMILES string of the molecule is COC(=O)C1CCCC2SCCC(NC(=O)C(CCC(Cc3ccccc3)C(=O)NC3CC=CCN(c4ccccc4C)C3=O)Cc3ccccc3)C(=O)N21. The minimum atomic E-state index is -0.776. The van der Waals surface area contributed by atoms with Crippen molar-refractivity contribution in [3.05, 3.63) is 114 Å².